The number of amides is 1. The van der Waals surface area contributed by atoms with Crippen molar-refractivity contribution in [3.05, 3.63) is 57.9 Å². The standard InChI is InChI=1S/C22H22F3N3O3S/c1-14-12-32-13-17(14)18-10-15(27-28(18)20-8-4-5-9-30-20)11-26-21(29)16-6-2-3-7-19(16)31-22(23,24)25/h2-3,6-7,10,12-13,20H,4-5,8-9,11H2,1H3,(H,26,29). The Morgan fingerprint density at radius 3 is 2.81 bits per heavy atom. The maximum atomic E-state index is 12.6. The van der Waals surface area contributed by atoms with Crippen LogP contribution in [-0.2, 0) is 11.3 Å². The number of carbonyl (C=O) groups is 1. The number of ether oxygens (including phenoxy) is 2. The van der Waals surface area contributed by atoms with E-state index >= 15 is 0 Å². The molecule has 1 amide bonds. The van der Waals surface area contributed by atoms with Crippen molar-refractivity contribution in [2.75, 3.05) is 6.61 Å². The van der Waals surface area contributed by atoms with Gasteiger partial charge in [0, 0.05) is 17.6 Å². The number of nitrogens with one attached hydrogen (secondary N) is 1. The van der Waals surface area contributed by atoms with E-state index in [9.17, 15) is 18.0 Å². The monoisotopic (exact) mass is 465 g/mol. The van der Waals surface area contributed by atoms with Crippen LogP contribution in [0.5, 0.6) is 5.75 Å². The second-order valence-electron chi connectivity index (χ2n) is 7.48. The second kappa shape index (κ2) is 9.33. The van der Waals surface area contributed by atoms with Crippen LogP contribution >= 0.6 is 11.3 Å². The van der Waals surface area contributed by atoms with E-state index in [1.165, 1.54) is 18.2 Å². The van der Waals surface area contributed by atoms with Crippen LogP contribution < -0.4 is 10.1 Å². The molecular formula is C22H22F3N3O3S. The van der Waals surface area contributed by atoms with E-state index in [1.54, 1.807) is 11.3 Å². The van der Waals surface area contributed by atoms with Crippen LogP contribution in [0.2, 0.25) is 0 Å². The van der Waals surface area contributed by atoms with Gasteiger partial charge in [-0.15, -0.1) is 13.2 Å². The number of aromatic nitrogens is 2. The van der Waals surface area contributed by atoms with Gasteiger partial charge in [0.25, 0.3) is 5.91 Å². The summed E-state index contributed by atoms with van der Waals surface area (Å²) in [5, 5.41) is 11.4. The van der Waals surface area contributed by atoms with E-state index < -0.39 is 18.0 Å². The number of alkyl halides is 3. The number of aryl methyl sites for hydroxylation is 1. The van der Waals surface area contributed by atoms with Crippen LogP contribution in [0.1, 0.15) is 47.1 Å². The van der Waals surface area contributed by atoms with E-state index in [0.717, 1.165) is 42.1 Å². The zero-order valence-corrected chi connectivity index (χ0v) is 18.1. The molecule has 0 bridgehead atoms. The molecule has 1 fully saturated rings. The Kier molecular flexibility index (Phi) is 6.52. The number of para-hydroxylation sites is 1. The zero-order chi connectivity index (χ0) is 22.7. The van der Waals surface area contributed by atoms with Crippen LogP contribution in [0.4, 0.5) is 13.2 Å². The number of carbonyl (C=O) groups excluding carboxylic acids is 1. The Bertz CT molecular complexity index is 1090. The molecule has 32 heavy (non-hydrogen) atoms. The van der Waals surface area contributed by atoms with Crippen molar-refractivity contribution >= 4 is 17.2 Å². The maximum Gasteiger partial charge on any atom is 0.573 e. The van der Waals surface area contributed by atoms with Gasteiger partial charge >= 0.3 is 6.36 Å². The summed E-state index contributed by atoms with van der Waals surface area (Å²) < 4.78 is 49.7. The summed E-state index contributed by atoms with van der Waals surface area (Å²) in [6.07, 6.45) is -2.20. The minimum atomic E-state index is -4.89. The third-order valence-corrected chi connectivity index (χ3v) is 6.00. The van der Waals surface area contributed by atoms with E-state index in [-0.39, 0.29) is 18.3 Å². The van der Waals surface area contributed by atoms with Gasteiger partial charge < -0.3 is 14.8 Å². The summed E-state index contributed by atoms with van der Waals surface area (Å²) in [5.74, 6) is -1.23. The molecule has 0 aliphatic carbocycles. The lowest BCUT2D eigenvalue weighted by Crippen LogP contribution is -2.26. The highest BCUT2D eigenvalue weighted by atomic mass is 32.1. The number of nitrogens with zero attached hydrogens (tertiary/aromatic N) is 2. The lowest BCUT2D eigenvalue weighted by atomic mass is 10.1. The predicted octanol–water partition coefficient (Wildman–Crippen LogP) is 5.45. The van der Waals surface area contributed by atoms with Gasteiger partial charge in [-0.25, -0.2) is 4.68 Å². The smallest absolute Gasteiger partial charge is 0.405 e. The third-order valence-electron chi connectivity index (χ3n) is 5.13. The van der Waals surface area contributed by atoms with Gasteiger partial charge in [0.05, 0.1) is 23.5 Å². The normalized spacial score (nSPS) is 16.7. The Labute approximate surface area is 187 Å². The summed E-state index contributed by atoms with van der Waals surface area (Å²) >= 11 is 1.59. The molecule has 1 saturated heterocycles. The fourth-order valence-electron chi connectivity index (χ4n) is 3.63. The van der Waals surface area contributed by atoms with Crippen molar-refractivity contribution < 1.29 is 27.4 Å². The molecule has 0 saturated carbocycles. The fraction of sp³-hybridized carbons (Fsp3) is 0.364. The van der Waals surface area contributed by atoms with Crippen LogP contribution in [0.3, 0.4) is 0 Å². The minimum absolute atomic E-state index is 0.0507. The number of halogens is 3. The summed E-state index contributed by atoms with van der Waals surface area (Å²) in [4.78, 5) is 12.6. The van der Waals surface area contributed by atoms with Gasteiger partial charge in [-0.3, -0.25) is 4.79 Å². The van der Waals surface area contributed by atoms with Gasteiger partial charge in [-0.2, -0.15) is 16.4 Å². The molecule has 1 aliphatic heterocycles. The SMILES string of the molecule is Cc1cscc1-c1cc(CNC(=O)c2ccccc2OC(F)(F)F)nn1C1CCCCO1. The Balaban J connectivity index is 1.55. The summed E-state index contributed by atoms with van der Waals surface area (Å²) in [6, 6.07) is 7.12. The van der Waals surface area contributed by atoms with Crippen molar-refractivity contribution in [2.24, 2.45) is 0 Å². The zero-order valence-electron chi connectivity index (χ0n) is 17.3. The molecule has 6 nitrogen and oxygen atoms in total. The number of hydrogen-bond acceptors (Lipinski definition) is 5. The highest BCUT2D eigenvalue weighted by Gasteiger charge is 2.33. The first-order valence-corrected chi connectivity index (χ1v) is 11.1. The molecule has 1 unspecified atom stereocenters. The average molecular weight is 465 g/mol. The first kappa shape index (κ1) is 22.3. The van der Waals surface area contributed by atoms with E-state index in [0.29, 0.717) is 12.3 Å². The molecule has 1 N–H and O–H groups in total. The van der Waals surface area contributed by atoms with Gasteiger partial charge in [0.2, 0.25) is 0 Å². The van der Waals surface area contributed by atoms with Gasteiger partial charge in [-0.1, -0.05) is 12.1 Å². The Morgan fingerprint density at radius 1 is 1.31 bits per heavy atom. The van der Waals surface area contributed by atoms with Crippen LogP contribution in [0.25, 0.3) is 11.3 Å². The van der Waals surface area contributed by atoms with E-state index in [2.05, 4.69) is 15.2 Å². The fourth-order valence-corrected chi connectivity index (χ4v) is 4.47. The molecule has 1 atom stereocenters. The largest absolute Gasteiger partial charge is 0.573 e. The molecule has 2 aromatic heterocycles. The molecule has 10 heteroatoms. The van der Waals surface area contributed by atoms with Crippen molar-refractivity contribution in [1.82, 2.24) is 15.1 Å². The minimum Gasteiger partial charge on any atom is -0.405 e. The van der Waals surface area contributed by atoms with Gasteiger partial charge in [0.15, 0.2) is 6.23 Å². The number of thiophene rings is 1. The average Bonchev–Trinajstić information content (AvgIpc) is 3.37. The highest BCUT2D eigenvalue weighted by Crippen LogP contribution is 2.33. The molecule has 0 radical (unpaired) electrons. The molecule has 1 aliphatic rings. The van der Waals surface area contributed by atoms with Crippen molar-refractivity contribution in [3.63, 3.8) is 0 Å². The molecule has 170 valence electrons. The molecule has 3 heterocycles. The Hall–Kier alpha value is -2.85. The second-order valence-corrected chi connectivity index (χ2v) is 8.23. The summed E-state index contributed by atoms with van der Waals surface area (Å²) in [5.41, 5.74) is 3.43. The molecule has 3 aromatic rings. The van der Waals surface area contributed by atoms with Gasteiger partial charge in [0.1, 0.15) is 5.75 Å². The number of hydrogen-bond donors (Lipinski definition) is 1. The lowest BCUT2D eigenvalue weighted by Gasteiger charge is -2.24. The third kappa shape index (κ3) is 5.13. The summed E-state index contributed by atoms with van der Waals surface area (Å²) in [7, 11) is 0. The van der Waals surface area contributed by atoms with Crippen molar-refractivity contribution in [2.45, 2.75) is 45.3 Å². The highest BCUT2D eigenvalue weighted by molar-refractivity contribution is 7.08. The van der Waals surface area contributed by atoms with Crippen LogP contribution in [0.15, 0.2) is 41.1 Å². The number of rotatable bonds is 6. The lowest BCUT2D eigenvalue weighted by molar-refractivity contribution is -0.274. The van der Waals surface area contributed by atoms with E-state index in [1.807, 2.05) is 28.4 Å². The van der Waals surface area contributed by atoms with Crippen LogP contribution in [-0.4, -0.2) is 28.7 Å². The van der Waals surface area contributed by atoms with Crippen LogP contribution in [0, 0.1) is 6.92 Å². The molecule has 1 aromatic carbocycles. The predicted molar refractivity (Wildman–Crippen MR) is 113 cm³/mol. The molecular weight excluding hydrogens is 443 g/mol. The van der Waals surface area contributed by atoms with E-state index in [4.69, 9.17) is 4.74 Å². The summed E-state index contributed by atoms with van der Waals surface area (Å²) in [6.45, 7) is 2.73. The molecule has 4 rings (SSSR count). The van der Waals surface area contributed by atoms with Gasteiger partial charge in [-0.05, 0) is 55.3 Å². The van der Waals surface area contributed by atoms with Crippen molar-refractivity contribution in [1.29, 1.82) is 0 Å². The first-order chi connectivity index (χ1) is 15.3. The quantitative estimate of drug-likeness (QED) is 0.526. The number of benzene rings is 1. The topological polar surface area (TPSA) is 65.4 Å². The maximum absolute atomic E-state index is 12.6. The first-order valence-electron chi connectivity index (χ1n) is 10.2. The Morgan fingerprint density at radius 2 is 2.12 bits per heavy atom. The van der Waals surface area contributed by atoms with Crippen molar-refractivity contribution in [3.8, 4) is 17.0 Å². The molecule has 0 spiro atoms.